The van der Waals surface area contributed by atoms with Gasteiger partial charge in [-0.2, -0.15) is 26.3 Å². The van der Waals surface area contributed by atoms with Crippen LogP contribution in [0.4, 0.5) is 35.1 Å². The Morgan fingerprint density at radius 3 is 1.21 bits per heavy atom. The highest BCUT2D eigenvalue weighted by Crippen LogP contribution is 2.53. The third kappa shape index (κ3) is 10.8. The number of nitrogens with zero attached hydrogens (tertiary/aromatic N) is 4. The SMILES string of the molecule is O=C(N1CC2(CC[C@@H](N3CCC(c4ccccc4OCCC(F)(F)F)CC3)C2)C1)C1(F)CC1.O=C(N1CC2(CC[C@H](N3CCC(c4ccccc4OCCC(F)(F)F)CC3)C2)C1)C1(F)CC1. The lowest BCUT2D eigenvalue weighted by Gasteiger charge is -2.49. The lowest BCUT2D eigenvalue weighted by molar-refractivity contribution is -0.151. The van der Waals surface area contributed by atoms with E-state index in [9.17, 15) is 44.7 Å². The van der Waals surface area contributed by atoms with Crippen LogP contribution in [0, 0.1) is 10.8 Å². The van der Waals surface area contributed by atoms with Gasteiger partial charge in [0, 0.05) is 49.1 Å². The fourth-order valence-corrected chi connectivity index (χ4v) is 12.2. The molecule has 2 aromatic carbocycles. The van der Waals surface area contributed by atoms with Gasteiger partial charge in [-0.3, -0.25) is 9.59 Å². The molecule has 2 aromatic rings. The van der Waals surface area contributed by atoms with E-state index in [0.717, 1.165) is 102 Å². The van der Waals surface area contributed by atoms with Gasteiger partial charge in [0.15, 0.2) is 11.3 Å². The number of ether oxygens (including phenoxy) is 2. The van der Waals surface area contributed by atoms with Crippen molar-refractivity contribution in [3.63, 3.8) is 0 Å². The Labute approximate surface area is 382 Å². The fraction of sp³-hybridized carbons (Fsp3) is 0.720. The van der Waals surface area contributed by atoms with Crippen LogP contribution in [0.2, 0.25) is 0 Å². The maximum Gasteiger partial charge on any atom is 0.392 e. The second-order valence-corrected chi connectivity index (χ2v) is 21.2. The van der Waals surface area contributed by atoms with Gasteiger partial charge < -0.3 is 29.1 Å². The molecular formula is C50H64F8N4O4. The summed E-state index contributed by atoms with van der Waals surface area (Å²) in [5, 5.41) is 0. The molecule has 8 fully saturated rings. The molecule has 4 heterocycles. The van der Waals surface area contributed by atoms with Crippen molar-refractivity contribution in [1.29, 1.82) is 0 Å². The summed E-state index contributed by atoms with van der Waals surface area (Å²) in [6, 6.07) is 16.0. The number of alkyl halides is 8. The number of rotatable bonds is 12. The second kappa shape index (κ2) is 18.3. The highest BCUT2D eigenvalue weighted by Gasteiger charge is 2.60. The average Bonchev–Trinajstić information content (AvgIpc) is 4.08. The van der Waals surface area contributed by atoms with Crippen molar-refractivity contribution >= 4 is 11.8 Å². The predicted octanol–water partition coefficient (Wildman–Crippen LogP) is 10.2. The first-order chi connectivity index (χ1) is 31.3. The highest BCUT2D eigenvalue weighted by molar-refractivity contribution is 5.89. The van der Waals surface area contributed by atoms with E-state index in [2.05, 4.69) is 9.80 Å². The molecule has 4 aliphatic carbocycles. The molecule has 66 heavy (non-hydrogen) atoms. The molecule has 0 unspecified atom stereocenters. The summed E-state index contributed by atoms with van der Waals surface area (Å²) in [7, 11) is 0. The van der Waals surface area contributed by atoms with Crippen molar-refractivity contribution in [2.45, 2.75) is 150 Å². The molecule has 8 aliphatic rings. The van der Waals surface area contributed by atoms with Crippen LogP contribution in [0.3, 0.4) is 0 Å². The van der Waals surface area contributed by atoms with E-state index < -0.39 is 36.5 Å². The van der Waals surface area contributed by atoms with E-state index in [4.69, 9.17) is 9.47 Å². The average molecular weight is 937 g/mol. The number of hydrogen-bond acceptors (Lipinski definition) is 6. The van der Waals surface area contributed by atoms with E-state index in [1.807, 2.05) is 24.3 Å². The zero-order chi connectivity index (χ0) is 46.5. The van der Waals surface area contributed by atoms with Crippen molar-refractivity contribution in [2.24, 2.45) is 10.8 Å². The highest BCUT2D eigenvalue weighted by atomic mass is 19.4. The second-order valence-electron chi connectivity index (χ2n) is 21.2. The Morgan fingerprint density at radius 1 is 0.530 bits per heavy atom. The molecule has 0 bridgehead atoms. The summed E-state index contributed by atoms with van der Waals surface area (Å²) < 4.78 is 114. The van der Waals surface area contributed by atoms with Gasteiger partial charge >= 0.3 is 12.4 Å². The van der Waals surface area contributed by atoms with Crippen molar-refractivity contribution in [3.05, 3.63) is 59.7 Å². The minimum absolute atomic E-state index is 0.168. The van der Waals surface area contributed by atoms with Crippen LogP contribution in [0.5, 0.6) is 11.5 Å². The number of piperidine rings is 2. The smallest absolute Gasteiger partial charge is 0.392 e. The number of likely N-dealkylation sites (tertiary alicyclic amines) is 4. The van der Waals surface area contributed by atoms with Crippen LogP contribution in [0.25, 0.3) is 0 Å². The molecule has 4 saturated carbocycles. The molecule has 4 aliphatic heterocycles. The number of para-hydroxylation sites is 2. The molecular weight excluding hydrogens is 873 g/mol. The molecule has 0 N–H and O–H groups in total. The number of amides is 2. The fourth-order valence-electron chi connectivity index (χ4n) is 12.2. The van der Waals surface area contributed by atoms with E-state index in [1.54, 1.807) is 34.1 Å². The van der Waals surface area contributed by atoms with Gasteiger partial charge in [0.1, 0.15) is 11.5 Å². The summed E-state index contributed by atoms with van der Waals surface area (Å²) in [5.74, 6) is 1.12. The summed E-state index contributed by atoms with van der Waals surface area (Å²) >= 11 is 0. The minimum Gasteiger partial charge on any atom is -0.493 e. The van der Waals surface area contributed by atoms with Gasteiger partial charge in [0.2, 0.25) is 0 Å². The van der Waals surface area contributed by atoms with Gasteiger partial charge in [0.05, 0.1) is 26.1 Å². The summed E-state index contributed by atoms with van der Waals surface area (Å²) in [4.78, 5) is 33.0. The monoisotopic (exact) mass is 936 g/mol. The first-order valence-corrected chi connectivity index (χ1v) is 24.3. The largest absolute Gasteiger partial charge is 0.493 e. The lowest BCUT2D eigenvalue weighted by atomic mass is 9.77. The van der Waals surface area contributed by atoms with Gasteiger partial charge in [-0.1, -0.05) is 36.4 Å². The molecule has 364 valence electrons. The zero-order valence-electron chi connectivity index (χ0n) is 37.8. The maximum atomic E-state index is 14.1. The number of carbonyl (C=O) groups excluding carboxylic acids is 2. The summed E-state index contributed by atoms with van der Waals surface area (Å²) in [6.07, 6.45) is 1.57. The Bertz CT molecular complexity index is 1890. The van der Waals surface area contributed by atoms with Crippen molar-refractivity contribution in [2.75, 3.05) is 65.6 Å². The van der Waals surface area contributed by atoms with Crippen molar-refractivity contribution in [3.8, 4) is 11.5 Å². The number of benzene rings is 2. The Balaban J connectivity index is 0.000000166. The molecule has 10 rings (SSSR count). The quantitative estimate of drug-likeness (QED) is 0.198. The van der Waals surface area contributed by atoms with Gasteiger partial charge in [-0.05, 0) is 151 Å². The molecule has 2 spiro atoms. The zero-order valence-corrected chi connectivity index (χ0v) is 37.8. The van der Waals surface area contributed by atoms with Crippen LogP contribution in [0.1, 0.15) is 126 Å². The molecule has 2 atom stereocenters. The first kappa shape index (κ1) is 47.4. The Hall–Kier alpha value is -3.66. The molecule has 8 nitrogen and oxygen atoms in total. The molecule has 16 heteroatoms. The third-order valence-electron chi connectivity index (χ3n) is 16.3. The van der Waals surface area contributed by atoms with Crippen molar-refractivity contribution in [1.82, 2.24) is 19.6 Å². The molecule has 0 radical (unpaired) electrons. The van der Waals surface area contributed by atoms with Crippen LogP contribution in [-0.2, 0) is 9.59 Å². The first-order valence-electron chi connectivity index (χ1n) is 24.3. The third-order valence-corrected chi connectivity index (χ3v) is 16.3. The van der Waals surface area contributed by atoms with Gasteiger partial charge in [-0.15, -0.1) is 0 Å². The minimum atomic E-state index is -4.21. The van der Waals surface area contributed by atoms with E-state index in [0.29, 0.717) is 75.4 Å². The van der Waals surface area contributed by atoms with E-state index in [1.165, 1.54) is 0 Å². The van der Waals surface area contributed by atoms with Crippen molar-refractivity contribution < 1.29 is 54.2 Å². The van der Waals surface area contributed by atoms with Crippen LogP contribution < -0.4 is 9.47 Å². The Morgan fingerprint density at radius 2 is 0.879 bits per heavy atom. The molecule has 2 amide bonds. The van der Waals surface area contributed by atoms with Gasteiger partial charge in [-0.25, -0.2) is 8.78 Å². The van der Waals surface area contributed by atoms with Crippen LogP contribution in [0.15, 0.2) is 48.5 Å². The van der Waals surface area contributed by atoms with Crippen LogP contribution >= 0.6 is 0 Å². The van der Waals surface area contributed by atoms with E-state index in [-0.39, 0.29) is 47.7 Å². The van der Waals surface area contributed by atoms with Gasteiger partial charge in [0.25, 0.3) is 11.8 Å². The topological polar surface area (TPSA) is 65.6 Å². The standard InChI is InChI=1S/2C25H32F4N2O2/c2*26-24(9-10-24)22(32)31-16-23(17-31)8-5-19(15-23)30-12-6-18(7-13-30)20-3-1-2-4-21(20)33-14-11-25(27,28)29/h2*1-4,18-19H,5-17H2/t2*19-/m10/s1. The van der Waals surface area contributed by atoms with Crippen LogP contribution in [-0.4, -0.2) is 133 Å². The number of hydrogen-bond donors (Lipinski definition) is 0. The number of carbonyl (C=O) groups is 2. The molecule has 0 aromatic heterocycles. The summed E-state index contributed by atoms with van der Waals surface area (Å²) in [5.41, 5.74) is -0.767. The Kier molecular flexibility index (Phi) is 13.2. The number of halogens is 8. The maximum absolute atomic E-state index is 14.1. The summed E-state index contributed by atoms with van der Waals surface area (Å²) in [6.45, 7) is 5.92. The normalized spacial score (nSPS) is 26.9. The lowest BCUT2D eigenvalue weighted by Crippen LogP contribution is -2.60. The molecule has 4 saturated heterocycles. The predicted molar refractivity (Wildman–Crippen MR) is 232 cm³/mol. The van der Waals surface area contributed by atoms with E-state index >= 15 is 0 Å².